The van der Waals surface area contributed by atoms with E-state index in [1.54, 1.807) is 0 Å². The van der Waals surface area contributed by atoms with Gasteiger partial charge >= 0.3 is 0 Å². The molecule has 2 aromatic rings. The molecule has 1 heterocycles. The van der Waals surface area contributed by atoms with E-state index in [0.29, 0.717) is 6.26 Å². The van der Waals surface area contributed by atoms with Crippen molar-refractivity contribution in [3.63, 3.8) is 0 Å². The summed E-state index contributed by atoms with van der Waals surface area (Å²) >= 11 is 8.03. The van der Waals surface area contributed by atoms with Crippen LogP contribution in [0.4, 0.5) is 0 Å². The molecule has 0 amide bonds. The van der Waals surface area contributed by atoms with Gasteiger partial charge in [0.2, 0.25) is 0 Å². The Hall–Kier alpha value is -1.31. The molecule has 2 aromatic carbocycles. The zero-order valence-electron chi connectivity index (χ0n) is 14.9. The number of hydrogen-bond donors (Lipinski definition) is 1. The lowest BCUT2D eigenvalue weighted by Crippen LogP contribution is -2.12. The summed E-state index contributed by atoms with van der Waals surface area (Å²) in [5.74, 6) is 0. The van der Waals surface area contributed by atoms with Gasteiger partial charge in [0, 0.05) is 21.4 Å². The fourth-order valence-corrected chi connectivity index (χ4v) is 3.79. The molecule has 26 heavy (non-hydrogen) atoms. The molecule has 7 heteroatoms. The number of rotatable bonds is 3. The fraction of sp³-hybridized carbons (Fsp3) is 0.263. The minimum atomic E-state index is -3.67. The van der Waals surface area contributed by atoms with Crippen LogP contribution in [0.15, 0.2) is 58.3 Å². The molecule has 0 bridgehead atoms. The highest BCUT2D eigenvalue weighted by molar-refractivity contribution is 7.99. The van der Waals surface area contributed by atoms with Crippen LogP contribution in [0.2, 0.25) is 5.02 Å². The van der Waals surface area contributed by atoms with Crippen molar-refractivity contribution in [2.45, 2.75) is 16.2 Å². The van der Waals surface area contributed by atoms with Crippen molar-refractivity contribution in [1.29, 1.82) is 0 Å². The molecule has 0 aliphatic carbocycles. The lowest BCUT2D eigenvalue weighted by Gasteiger charge is -2.22. The maximum atomic E-state index is 9.19. The van der Waals surface area contributed by atoms with Gasteiger partial charge in [0.15, 0.2) is 0 Å². The average molecular weight is 412 g/mol. The molecule has 0 radical (unpaired) electrons. The van der Waals surface area contributed by atoms with Gasteiger partial charge in [-0.3, -0.25) is 4.55 Å². The second-order valence-corrected chi connectivity index (χ2v) is 9.17. The quantitative estimate of drug-likeness (QED) is 0.633. The van der Waals surface area contributed by atoms with Crippen molar-refractivity contribution in [1.82, 2.24) is 4.90 Å². The van der Waals surface area contributed by atoms with Gasteiger partial charge in [-0.2, -0.15) is 8.42 Å². The molecular formula is C19H22ClNO3S2. The van der Waals surface area contributed by atoms with Crippen LogP contribution in [0, 0.1) is 0 Å². The fourth-order valence-electron chi connectivity index (χ4n) is 2.53. The Balaban J connectivity index is 0.000000431. The zero-order chi connectivity index (χ0) is 19.3. The van der Waals surface area contributed by atoms with E-state index in [1.807, 2.05) is 17.8 Å². The van der Waals surface area contributed by atoms with E-state index >= 15 is 0 Å². The van der Waals surface area contributed by atoms with Gasteiger partial charge in [-0.25, -0.2) is 0 Å². The van der Waals surface area contributed by atoms with E-state index < -0.39 is 10.1 Å². The normalized spacial score (nSPS) is 14.5. The standard InChI is InChI=1S/C18H18ClNS.CH4O3S/c1-20(2)11-5-7-14-15-6-3-4-8-17(15)21-18-10-9-13(19)12-16(14)18;1-5(2,3)4/h3-4,6-10,12H,5,11H2,1-2H3;1H3,(H,2,3,4)/b14-7-;. The Morgan fingerprint density at radius 2 is 1.73 bits per heavy atom. The molecule has 0 unspecified atom stereocenters. The van der Waals surface area contributed by atoms with Crippen molar-refractivity contribution >= 4 is 39.1 Å². The van der Waals surface area contributed by atoms with E-state index in [9.17, 15) is 8.42 Å². The summed E-state index contributed by atoms with van der Waals surface area (Å²) in [5.41, 5.74) is 3.88. The van der Waals surface area contributed by atoms with E-state index in [2.05, 4.69) is 61.5 Å². The Labute approximate surface area is 164 Å². The Morgan fingerprint density at radius 1 is 1.12 bits per heavy atom. The number of halogens is 1. The molecule has 0 saturated carbocycles. The molecule has 3 rings (SSSR count). The van der Waals surface area contributed by atoms with Gasteiger partial charge in [0.1, 0.15) is 0 Å². The lowest BCUT2D eigenvalue weighted by molar-refractivity contribution is 0.417. The maximum absolute atomic E-state index is 9.19. The van der Waals surface area contributed by atoms with E-state index in [0.717, 1.165) is 18.0 Å². The van der Waals surface area contributed by atoms with Crippen molar-refractivity contribution in [2.75, 3.05) is 26.9 Å². The largest absolute Gasteiger partial charge is 0.309 e. The van der Waals surface area contributed by atoms with Crippen LogP contribution in [-0.2, 0) is 10.1 Å². The third kappa shape index (κ3) is 6.45. The van der Waals surface area contributed by atoms with Crippen LogP contribution in [0.1, 0.15) is 17.5 Å². The monoisotopic (exact) mass is 411 g/mol. The molecule has 0 aromatic heterocycles. The zero-order valence-corrected chi connectivity index (χ0v) is 17.3. The number of nitrogens with zero attached hydrogens (tertiary/aromatic N) is 1. The maximum Gasteiger partial charge on any atom is 0.261 e. The molecule has 1 N–H and O–H groups in total. The van der Waals surface area contributed by atoms with Gasteiger partial charge in [-0.15, -0.1) is 0 Å². The smallest absolute Gasteiger partial charge is 0.261 e. The third-order valence-electron chi connectivity index (χ3n) is 3.55. The first-order valence-electron chi connectivity index (χ1n) is 7.99. The molecule has 140 valence electrons. The van der Waals surface area contributed by atoms with E-state index in [-0.39, 0.29) is 0 Å². The number of benzene rings is 2. The summed E-state index contributed by atoms with van der Waals surface area (Å²) in [4.78, 5) is 4.82. The molecule has 0 saturated heterocycles. The van der Waals surface area contributed by atoms with Crippen molar-refractivity contribution in [3.05, 3.63) is 64.7 Å². The molecule has 4 nitrogen and oxygen atoms in total. The number of hydrogen-bond acceptors (Lipinski definition) is 4. The highest BCUT2D eigenvalue weighted by Crippen LogP contribution is 2.46. The van der Waals surface area contributed by atoms with Crippen LogP contribution in [0.5, 0.6) is 0 Å². The van der Waals surface area contributed by atoms with Crippen LogP contribution in [0.25, 0.3) is 5.57 Å². The van der Waals surface area contributed by atoms with Gasteiger partial charge in [-0.1, -0.05) is 47.6 Å². The van der Waals surface area contributed by atoms with Crippen LogP contribution < -0.4 is 0 Å². The topological polar surface area (TPSA) is 57.6 Å². The van der Waals surface area contributed by atoms with E-state index in [1.165, 1.54) is 26.5 Å². The summed E-state index contributed by atoms with van der Waals surface area (Å²) in [6.45, 7) is 1.05. The summed E-state index contributed by atoms with van der Waals surface area (Å²) < 4.78 is 25.9. The highest BCUT2D eigenvalue weighted by atomic mass is 35.5. The molecule has 1 aliphatic rings. The first-order chi connectivity index (χ1) is 12.1. The van der Waals surface area contributed by atoms with Gasteiger partial charge in [0.05, 0.1) is 6.26 Å². The minimum absolute atomic E-state index is 0.715. The molecular weight excluding hydrogens is 390 g/mol. The summed E-state index contributed by atoms with van der Waals surface area (Å²) in [6.07, 6.45) is 4.09. The van der Waals surface area contributed by atoms with Crippen LogP contribution in [-0.4, -0.2) is 44.8 Å². The van der Waals surface area contributed by atoms with Crippen molar-refractivity contribution < 1.29 is 13.0 Å². The van der Waals surface area contributed by atoms with Gasteiger partial charge in [-0.05, 0) is 61.5 Å². The van der Waals surface area contributed by atoms with Crippen molar-refractivity contribution in [3.8, 4) is 0 Å². The first-order valence-corrected chi connectivity index (χ1v) is 11.0. The van der Waals surface area contributed by atoms with Gasteiger partial charge in [0.25, 0.3) is 10.1 Å². The second kappa shape index (κ2) is 9.06. The first kappa shape index (κ1) is 21.0. The Morgan fingerprint density at radius 3 is 2.38 bits per heavy atom. The Kier molecular flexibility index (Phi) is 7.32. The van der Waals surface area contributed by atoms with Gasteiger partial charge < -0.3 is 4.90 Å². The predicted molar refractivity (Wildman–Crippen MR) is 110 cm³/mol. The molecule has 0 spiro atoms. The SMILES string of the molecule is CN(C)CC/C=C1/c2ccccc2Sc2ccc(Cl)cc21.CS(=O)(=O)O. The summed E-state index contributed by atoms with van der Waals surface area (Å²) in [6, 6.07) is 14.8. The molecule has 0 fully saturated rings. The van der Waals surface area contributed by atoms with Crippen molar-refractivity contribution in [2.24, 2.45) is 0 Å². The van der Waals surface area contributed by atoms with E-state index in [4.69, 9.17) is 16.2 Å². The minimum Gasteiger partial charge on any atom is -0.309 e. The third-order valence-corrected chi connectivity index (χ3v) is 4.94. The predicted octanol–water partition coefficient (Wildman–Crippen LogP) is 4.69. The van der Waals surface area contributed by atoms with Crippen LogP contribution in [0.3, 0.4) is 0 Å². The molecule has 1 aliphatic heterocycles. The molecule has 0 atom stereocenters. The Bertz CT molecular complexity index is 901. The number of fused-ring (bicyclic) bond motifs is 2. The highest BCUT2D eigenvalue weighted by Gasteiger charge is 2.20. The summed E-state index contributed by atoms with van der Waals surface area (Å²) in [5, 5.41) is 0.798. The summed E-state index contributed by atoms with van der Waals surface area (Å²) in [7, 11) is 0.544. The lowest BCUT2D eigenvalue weighted by atomic mass is 9.96. The van der Waals surface area contributed by atoms with Crippen LogP contribution >= 0.6 is 23.4 Å². The average Bonchev–Trinajstić information content (AvgIpc) is 2.53. The second-order valence-electron chi connectivity index (χ2n) is 6.18.